The first-order valence-electron chi connectivity index (χ1n) is 8.62. The molecule has 0 radical (unpaired) electrons. The van der Waals surface area contributed by atoms with Crippen molar-refractivity contribution < 1.29 is 14.3 Å². The minimum atomic E-state index is -0.233. The summed E-state index contributed by atoms with van der Waals surface area (Å²) in [6, 6.07) is 1.97. The van der Waals surface area contributed by atoms with Crippen LogP contribution in [0.2, 0.25) is 0 Å². The van der Waals surface area contributed by atoms with Crippen molar-refractivity contribution in [1.29, 1.82) is 5.26 Å². The second-order valence-electron chi connectivity index (χ2n) is 6.24. The Hall–Kier alpha value is -3.15. The average molecular weight is 354 g/mol. The molecule has 2 aromatic heterocycles. The molecule has 0 N–H and O–H groups in total. The number of piperidine rings is 1. The van der Waals surface area contributed by atoms with Gasteiger partial charge in [-0.1, -0.05) is 0 Å². The van der Waals surface area contributed by atoms with Crippen LogP contribution in [0.15, 0.2) is 18.6 Å². The molecule has 0 unspecified atom stereocenters. The van der Waals surface area contributed by atoms with Gasteiger partial charge in [0.05, 0.1) is 19.3 Å². The molecule has 4 heterocycles. The van der Waals surface area contributed by atoms with E-state index in [-0.39, 0.29) is 23.6 Å². The van der Waals surface area contributed by atoms with Crippen molar-refractivity contribution in [2.24, 2.45) is 0 Å². The average Bonchev–Trinajstić information content (AvgIpc) is 3.12. The number of carbonyl (C=O) groups is 1. The van der Waals surface area contributed by atoms with Gasteiger partial charge in [-0.3, -0.25) is 4.79 Å². The number of hydrogen-bond acceptors (Lipinski definition) is 7. The number of nitrogens with zero attached hydrogens (tertiary/aromatic N) is 6. The van der Waals surface area contributed by atoms with Crippen LogP contribution in [0.5, 0.6) is 11.8 Å². The zero-order chi connectivity index (χ0) is 17.9. The molecule has 9 heteroatoms. The molecule has 2 aromatic rings. The number of fused-ring (bicyclic) bond motifs is 1. The van der Waals surface area contributed by atoms with Crippen molar-refractivity contribution in [2.75, 3.05) is 19.7 Å². The first-order chi connectivity index (χ1) is 12.8. The third-order valence-electron chi connectivity index (χ3n) is 4.49. The molecule has 2 aliphatic rings. The maximum absolute atomic E-state index is 12.9. The fourth-order valence-corrected chi connectivity index (χ4v) is 3.25. The lowest BCUT2D eigenvalue weighted by molar-refractivity contribution is 0.0520. The number of hydrogen-bond donors (Lipinski definition) is 0. The zero-order valence-electron chi connectivity index (χ0n) is 14.2. The van der Waals surface area contributed by atoms with Crippen LogP contribution in [0, 0.1) is 11.3 Å². The van der Waals surface area contributed by atoms with E-state index in [4.69, 9.17) is 14.7 Å². The van der Waals surface area contributed by atoms with E-state index in [1.165, 1.54) is 12.4 Å². The standard InChI is InChI=1S/C17H18N6O3/c18-9-14-15(20-5-4-19-14)26-12-3-1-6-22(11-12)16(24)13-10-21-23-7-2-8-25-17(13)23/h4-5,10,12H,1-3,6-8,11H2/t12-/m1/s1. The van der Waals surface area contributed by atoms with Crippen LogP contribution >= 0.6 is 0 Å². The molecular weight excluding hydrogens is 336 g/mol. The fraction of sp³-hybridized carbons (Fsp3) is 0.471. The Morgan fingerprint density at radius 2 is 2.19 bits per heavy atom. The van der Waals surface area contributed by atoms with E-state index in [0.29, 0.717) is 31.1 Å². The molecule has 2 aliphatic heterocycles. The first kappa shape index (κ1) is 16.3. The number of rotatable bonds is 3. The maximum atomic E-state index is 12.9. The van der Waals surface area contributed by atoms with Gasteiger partial charge in [-0.2, -0.15) is 10.4 Å². The monoisotopic (exact) mass is 354 g/mol. The van der Waals surface area contributed by atoms with Gasteiger partial charge in [0.2, 0.25) is 11.6 Å². The Bertz CT molecular complexity index is 858. The predicted octanol–water partition coefficient (Wildman–Crippen LogP) is 1.01. The van der Waals surface area contributed by atoms with Crippen LogP contribution in [-0.2, 0) is 6.54 Å². The normalized spacial score (nSPS) is 19.2. The van der Waals surface area contributed by atoms with Crippen LogP contribution in [0.1, 0.15) is 35.3 Å². The van der Waals surface area contributed by atoms with Gasteiger partial charge < -0.3 is 14.4 Å². The second-order valence-corrected chi connectivity index (χ2v) is 6.24. The summed E-state index contributed by atoms with van der Waals surface area (Å²) >= 11 is 0. The number of carbonyl (C=O) groups excluding carboxylic acids is 1. The Labute approximate surface area is 150 Å². The van der Waals surface area contributed by atoms with E-state index in [1.54, 1.807) is 15.8 Å². The van der Waals surface area contributed by atoms with E-state index >= 15 is 0 Å². The van der Waals surface area contributed by atoms with E-state index in [2.05, 4.69) is 15.1 Å². The first-order valence-corrected chi connectivity index (χ1v) is 8.62. The number of ether oxygens (including phenoxy) is 2. The molecule has 1 atom stereocenters. The Balaban J connectivity index is 1.47. The van der Waals surface area contributed by atoms with E-state index < -0.39 is 0 Å². The molecule has 0 aromatic carbocycles. The highest BCUT2D eigenvalue weighted by atomic mass is 16.5. The minimum Gasteiger partial charge on any atom is -0.477 e. The van der Waals surface area contributed by atoms with Gasteiger partial charge in [0.25, 0.3) is 11.8 Å². The summed E-state index contributed by atoms with van der Waals surface area (Å²) < 4.78 is 13.2. The molecule has 0 aliphatic carbocycles. The van der Waals surface area contributed by atoms with Crippen LogP contribution < -0.4 is 9.47 Å². The fourth-order valence-electron chi connectivity index (χ4n) is 3.25. The molecule has 0 spiro atoms. The van der Waals surface area contributed by atoms with Crippen molar-refractivity contribution in [3.05, 3.63) is 29.8 Å². The highest BCUT2D eigenvalue weighted by Crippen LogP contribution is 2.26. The van der Waals surface area contributed by atoms with Gasteiger partial charge in [-0.15, -0.1) is 0 Å². The van der Waals surface area contributed by atoms with Gasteiger partial charge in [0, 0.05) is 31.9 Å². The smallest absolute Gasteiger partial charge is 0.261 e. The van der Waals surface area contributed by atoms with Crippen molar-refractivity contribution in [2.45, 2.75) is 31.9 Å². The SMILES string of the molecule is N#Cc1nccnc1O[C@@H]1CCCN(C(=O)c2cnn3c2OCCC3)C1. The molecule has 26 heavy (non-hydrogen) atoms. The molecule has 134 valence electrons. The summed E-state index contributed by atoms with van der Waals surface area (Å²) in [7, 11) is 0. The van der Waals surface area contributed by atoms with Gasteiger partial charge in [-0.05, 0) is 12.8 Å². The van der Waals surface area contributed by atoms with Crippen LogP contribution in [0.4, 0.5) is 0 Å². The third-order valence-corrected chi connectivity index (χ3v) is 4.49. The van der Waals surface area contributed by atoms with Gasteiger partial charge in [0.1, 0.15) is 17.7 Å². The highest BCUT2D eigenvalue weighted by molar-refractivity contribution is 5.96. The lowest BCUT2D eigenvalue weighted by atomic mass is 10.1. The summed E-state index contributed by atoms with van der Waals surface area (Å²) in [4.78, 5) is 22.7. The number of aromatic nitrogens is 4. The maximum Gasteiger partial charge on any atom is 0.261 e. The van der Waals surface area contributed by atoms with Gasteiger partial charge in [-0.25, -0.2) is 14.6 Å². The number of nitriles is 1. The van der Waals surface area contributed by atoms with Crippen LogP contribution in [-0.4, -0.2) is 56.4 Å². The lowest BCUT2D eigenvalue weighted by Crippen LogP contribution is -2.44. The Kier molecular flexibility index (Phi) is 4.39. The zero-order valence-corrected chi connectivity index (χ0v) is 14.2. The molecular formula is C17H18N6O3. The van der Waals surface area contributed by atoms with E-state index in [0.717, 1.165) is 25.8 Å². The van der Waals surface area contributed by atoms with Gasteiger partial charge in [0.15, 0.2) is 0 Å². The predicted molar refractivity (Wildman–Crippen MR) is 88.6 cm³/mol. The van der Waals surface area contributed by atoms with Crippen molar-refractivity contribution in [3.63, 3.8) is 0 Å². The van der Waals surface area contributed by atoms with E-state index in [1.807, 2.05) is 6.07 Å². The summed E-state index contributed by atoms with van der Waals surface area (Å²) in [5.41, 5.74) is 0.637. The molecule has 9 nitrogen and oxygen atoms in total. The van der Waals surface area contributed by atoms with Crippen LogP contribution in [0.25, 0.3) is 0 Å². The molecule has 1 fully saturated rings. The summed E-state index contributed by atoms with van der Waals surface area (Å²) in [5.74, 6) is 0.645. The largest absolute Gasteiger partial charge is 0.477 e. The molecule has 1 amide bonds. The van der Waals surface area contributed by atoms with Crippen molar-refractivity contribution in [1.82, 2.24) is 24.6 Å². The lowest BCUT2D eigenvalue weighted by Gasteiger charge is -2.32. The summed E-state index contributed by atoms with van der Waals surface area (Å²) in [5, 5.41) is 13.3. The minimum absolute atomic E-state index is 0.110. The third kappa shape index (κ3) is 3.06. The topological polar surface area (TPSA) is 106 Å². The van der Waals surface area contributed by atoms with Crippen molar-refractivity contribution >= 4 is 5.91 Å². The van der Waals surface area contributed by atoms with Crippen LogP contribution in [0.3, 0.4) is 0 Å². The molecule has 0 saturated carbocycles. The quantitative estimate of drug-likeness (QED) is 0.810. The highest BCUT2D eigenvalue weighted by Gasteiger charge is 2.30. The second kappa shape index (κ2) is 7.00. The number of aryl methyl sites for hydroxylation is 1. The Morgan fingerprint density at radius 3 is 3.08 bits per heavy atom. The molecule has 1 saturated heterocycles. The number of likely N-dealkylation sites (tertiary alicyclic amines) is 1. The molecule has 4 rings (SSSR count). The summed E-state index contributed by atoms with van der Waals surface area (Å²) in [6.45, 7) is 2.43. The molecule has 0 bridgehead atoms. The summed E-state index contributed by atoms with van der Waals surface area (Å²) in [6.07, 6.45) is 6.76. The Morgan fingerprint density at radius 1 is 1.31 bits per heavy atom. The van der Waals surface area contributed by atoms with Gasteiger partial charge >= 0.3 is 0 Å². The number of amides is 1. The van der Waals surface area contributed by atoms with E-state index in [9.17, 15) is 4.79 Å². The van der Waals surface area contributed by atoms with Crippen molar-refractivity contribution in [3.8, 4) is 17.8 Å².